The van der Waals surface area contributed by atoms with E-state index in [2.05, 4.69) is 30.2 Å². The SMILES string of the molecule is CNc1cc(C(C)C)nc2ccc(OC)cc12. The first-order valence-electron chi connectivity index (χ1n) is 5.82. The maximum Gasteiger partial charge on any atom is 0.119 e. The van der Waals surface area contributed by atoms with Crippen LogP contribution in [0, 0.1) is 0 Å². The van der Waals surface area contributed by atoms with Crippen molar-refractivity contribution in [3.05, 3.63) is 30.0 Å². The van der Waals surface area contributed by atoms with Gasteiger partial charge in [-0.3, -0.25) is 4.98 Å². The third-order valence-corrected chi connectivity index (χ3v) is 2.90. The van der Waals surface area contributed by atoms with Gasteiger partial charge in [-0.15, -0.1) is 0 Å². The maximum absolute atomic E-state index is 5.24. The first kappa shape index (κ1) is 11.7. The average molecular weight is 230 g/mol. The van der Waals surface area contributed by atoms with Crippen LogP contribution in [0.15, 0.2) is 24.3 Å². The third kappa shape index (κ3) is 2.18. The van der Waals surface area contributed by atoms with E-state index in [0.717, 1.165) is 28.0 Å². The van der Waals surface area contributed by atoms with Crippen LogP contribution in [0.2, 0.25) is 0 Å². The van der Waals surface area contributed by atoms with E-state index in [9.17, 15) is 0 Å². The number of ether oxygens (including phenoxy) is 1. The maximum atomic E-state index is 5.24. The topological polar surface area (TPSA) is 34.2 Å². The predicted octanol–water partition coefficient (Wildman–Crippen LogP) is 3.41. The van der Waals surface area contributed by atoms with Gasteiger partial charge in [-0.1, -0.05) is 13.8 Å². The van der Waals surface area contributed by atoms with E-state index >= 15 is 0 Å². The molecule has 0 unspecified atom stereocenters. The highest BCUT2D eigenvalue weighted by Gasteiger charge is 2.08. The first-order chi connectivity index (χ1) is 8.15. The highest BCUT2D eigenvalue weighted by atomic mass is 16.5. The molecule has 3 heteroatoms. The van der Waals surface area contributed by atoms with Crippen LogP contribution in [-0.4, -0.2) is 19.1 Å². The molecule has 0 amide bonds. The van der Waals surface area contributed by atoms with Crippen LogP contribution >= 0.6 is 0 Å². The number of rotatable bonds is 3. The molecule has 2 aromatic rings. The molecule has 0 saturated heterocycles. The third-order valence-electron chi connectivity index (χ3n) is 2.90. The Morgan fingerprint density at radius 2 is 2.00 bits per heavy atom. The Balaban J connectivity index is 2.68. The molecule has 17 heavy (non-hydrogen) atoms. The normalized spacial score (nSPS) is 10.9. The van der Waals surface area contributed by atoms with Crippen LogP contribution in [0.5, 0.6) is 5.75 Å². The Hall–Kier alpha value is -1.77. The van der Waals surface area contributed by atoms with Crippen LogP contribution in [-0.2, 0) is 0 Å². The largest absolute Gasteiger partial charge is 0.497 e. The molecule has 3 nitrogen and oxygen atoms in total. The number of benzene rings is 1. The molecule has 1 heterocycles. The molecule has 2 rings (SSSR count). The highest BCUT2D eigenvalue weighted by molar-refractivity contribution is 5.92. The Labute approximate surface area is 102 Å². The van der Waals surface area contributed by atoms with Gasteiger partial charge in [0.05, 0.1) is 12.6 Å². The van der Waals surface area contributed by atoms with Crippen LogP contribution < -0.4 is 10.1 Å². The molecule has 1 aromatic carbocycles. The molecule has 1 N–H and O–H groups in total. The van der Waals surface area contributed by atoms with Crippen LogP contribution in [0.25, 0.3) is 10.9 Å². The van der Waals surface area contributed by atoms with Gasteiger partial charge in [0, 0.05) is 23.8 Å². The number of pyridine rings is 1. The van der Waals surface area contributed by atoms with Crippen LogP contribution in [0.3, 0.4) is 0 Å². The standard InChI is InChI=1S/C14H18N2O/c1-9(2)13-8-14(15-3)11-7-10(17-4)5-6-12(11)16-13/h5-9H,1-4H3,(H,15,16). The molecule has 90 valence electrons. The van der Waals surface area contributed by atoms with Gasteiger partial charge in [0.2, 0.25) is 0 Å². The Morgan fingerprint density at radius 3 is 2.59 bits per heavy atom. The van der Waals surface area contributed by atoms with E-state index in [0.29, 0.717) is 5.92 Å². The van der Waals surface area contributed by atoms with Crippen molar-refractivity contribution in [2.75, 3.05) is 19.5 Å². The first-order valence-corrected chi connectivity index (χ1v) is 5.82. The lowest BCUT2D eigenvalue weighted by molar-refractivity contribution is 0.415. The van der Waals surface area contributed by atoms with Gasteiger partial charge < -0.3 is 10.1 Å². The number of methoxy groups -OCH3 is 1. The molecule has 0 aliphatic carbocycles. The zero-order valence-corrected chi connectivity index (χ0v) is 10.7. The molecule has 1 aromatic heterocycles. The van der Waals surface area contributed by atoms with E-state index in [1.54, 1.807) is 7.11 Å². The number of aromatic nitrogens is 1. The Kier molecular flexibility index (Phi) is 3.18. The van der Waals surface area contributed by atoms with Gasteiger partial charge in [-0.25, -0.2) is 0 Å². The monoisotopic (exact) mass is 230 g/mol. The van der Waals surface area contributed by atoms with E-state index < -0.39 is 0 Å². The fraction of sp³-hybridized carbons (Fsp3) is 0.357. The molecule has 0 radical (unpaired) electrons. The number of hydrogen-bond donors (Lipinski definition) is 1. The van der Waals surface area contributed by atoms with E-state index in [1.807, 2.05) is 25.2 Å². The second kappa shape index (κ2) is 4.62. The number of anilines is 1. The number of nitrogens with zero attached hydrogens (tertiary/aromatic N) is 1. The van der Waals surface area contributed by atoms with Crippen molar-refractivity contribution in [3.8, 4) is 5.75 Å². The molecule has 0 fully saturated rings. The predicted molar refractivity (Wildman–Crippen MR) is 71.9 cm³/mol. The molecule has 0 bridgehead atoms. The summed E-state index contributed by atoms with van der Waals surface area (Å²) >= 11 is 0. The summed E-state index contributed by atoms with van der Waals surface area (Å²) in [6.45, 7) is 4.30. The lowest BCUT2D eigenvalue weighted by Crippen LogP contribution is -1.98. The minimum absolute atomic E-state index is 0.425. The van der Waals surface area contributed by atoms with Gasteiger partial charge in [0.25, 0.3) is 0 Å². The average Bonchev–Trinajstić information content (AvgIpc) is 2.36. The lowest BCUT2D eigenvalue weighted by Gasteiger charge is -2.12. The van der Waals surface area contributed by atoms with Crippen LogP contribution in [0.4, 0.5) is 5.69 Å². The molecule has 0 aliphatic rings. The number of fused-ring (bicyclic) bond motifs is 1. The summed E-state index contributed by atoms with van der Waals surface area (Å²) < 4.78 is 5.24. The van der Waals surface area contributed by atoms with Gasteiger partial charge in [0.1, 0.15) is 5.75 Å². The van der Waals surface area contributed by atoms with Crippen molar-refractivity contribution < 1.29 is 4.74 Å². The van der Waals surface area contributed by atoms with Crippen LogP contribution in [0.1, 0.15) is 25.5 Å². The minimum atomic E-state index is 0.425. The molecular weight excluding hydrogens is 212 g/mol. The highest BCUT2D eigenvalue weighted by Crippen LogP contribution is 2.28. The van der Waals surface area contributed by atoms with Crippen molar-refractivity contribution >= 4 is 16.6 Å². The second-order valence-electron chi connectivity index (χ2n) is 4.38. The summed E-state index contributed by atoms with van der Waals surface area (Å²) in [4.78, 5) is 4.66. The summed E-state index contributed by atoms with van der Waals surface area (Å²) in [6, 6.07) is 8.06. The Morgan fingerprint density at radius 1 is 1.24 bits per heavy atom. The zero-order chi connectivity index (χ0) is 12.4. The quantitative estimate of drug-likeness (QED) is 0.877. The summed E-state index contributed by atoms with van der Waals surface area (Å²) in [7, 11) is 3.61. The minimum Gasteiger partial charge on any atom is -0.497 e. The van der Waals surface area contributed by atoms with E-state index in [1.165, 1.54) is 0 Å². The van der Waals surface area contributed by atoms with E-state index in [4.69, 9.17) is 4.74 Å². The smallest absolute Gasteiger partial charge is 0.119 e. The molecule has 0 saturated carbocycles. The number of hydrogen-bond acceptors (Lipinski definition) is 3. The van der Waals surface area contributed by atoms with Crippen molar-refractivity contribution in [3.63, 3.8) is 0 Å². The Bertz CT molecular complexity index is 535. The van der Waals surface area contributed by atoms with Gasteiger partial charge in [-0.2, -0.15) is 0 Å². The zero-order valence-electron chi connectivity index (χ0n) is 10.7. The summed E-state index contributed by atoms with van der Waals surface area (Å²) in [5.41, 5.74) is 3.20. The van der Waals surface area contributed by atoms with Gasteiger partial charge >= 0.3 is 0 Å². The van der Waals surface area contributed by atoms with Gasteiger partial charge in [-0.05, 0) is 30.2 Å². The van der Waals surface area contributed by atoms with Gasteiger partial charge in [0.15, 0.2) is 0 Å². The van der Waals surface area contributed by atoms with Crippen molar-refractivity contribution in [2.24, 2.45) is 0 Å². The van der Waals surface area contributed by atoms with Crippen molar-refractivity contribution in [1.29, 1.82) is 0 Å². The molecule has 0 aliphatic heterocycles. The second-order valence-corrected chi connectivity index (χ2v) is 4.38. The lowest BCUT2D eigenvalue weighted by atomic mass is 10.1. The molecule has 0 atom stereocenters. The fourth-order valence-corrected chi connectivity index (χ4v) is 1.85. The molecular formula is C14H18N2O. The fourth-order valence-electron chi connectivity index (χ4n) is 1.85. The summed E-state index contributed by atoms with van der Waals surface area (Å²) in [6.07, 6.45) is 0. The van der Waals surface area contributed by atoms with E-state index in [-0.39, 0.29) is 0 Å². The van der Waals surface area contributed by atoms with Crippen molar-refractivity contribution in [2.45, 2.75) is 19.8 Å². The summed E-state index contributed by atoms with van der Waals surface area (Å²) in [5.74, 6) is 1.28. The number of nitrogens with one attached hydrogen (secondary N) is 1. The molecule has 0 spiro atoms. The summed E-state index contributed by atoms with van der Waals surface area (Å²) in [5, 5.41) is 4.31. The van der Waals surface area contributed by atoms with Crippen molar-refractivity contribution in [1.82, 2.24) is 4.98 Å².